The second kappa shape index (κ2) is 6.48. The molecule has 1 unspecified atom stereocenters. The maximum atomic E-state index is 11.5. The van der Waals surface area contributed by atoms with E-state index in [0.29, 0.717) is 11.6 Å². The zero-order valence-electron chi connectivity index (χ0n) is 10.2. The van der Waals surface area contributed by atoms with Crippen LogP contribution in [0.2, 0.25) is 0 Å². The van der Waals surface area contributed by atoms with E-state index in [4.69, 9.17) is 9.84 Å². The van der Waals surface area contributed by atoms with E-state index < -0.39 is 5.97 Å². The van der Waals surface area contributed by atoms with Crippen molar-refractivity contribution < 1.29 is 19.4 Å². The third-order valence-electron chi connectivity index (χ3n) is 2.69. The average Bonchev–Trinajstić information content (AvgIpc) is 3.05. The first-order chi connectivity index (χ1) is 9.15. The summed E-state index contributed by atoms with van der Waals surface area (Å²) in [4.78, 5) is 26.0. The van der Waals surface area contributed by atoms with E-state index in [1.54, 1.807) is 0 Å². The Balaban J connectivity index is 1.68. The lowest BCUT2D eigenvalue weighted by Gasteiger charge is -2.11. The molecule has 8 heteroatoms. The number of ether oxygens (including phenoxy) is 1. The number of nitrogens with one attached hydrogen (secondary N) is 2. The van der Waals surface area contributed by atoms with Crippen molar-refractivity contribution >= 4 is 23.3 Å². The highest BCUT2D eigenvalue weighted by atomic mass is 32.1. The van der Waals surface area contributed by atoms with Crippen LogP contribution in [0.25, 0.3) is 0 Å². The Morgan fingerprint density at radius 2 is 2.37 bits per heavy atom. The molecule has 0 aromatic carbocycles. The molecule has 0 radical (unpaired) electrons. The Kier molecular flexibility index (Phi) is 4.69. The van der Waals surface area contributed by atoms with Gasteiger partial charge in [-0.25, -0.2) is 14.6 Å². The Morgan fingerprint density at radius 3 is 3.00 bits per heavy atom. The minimum absolute atomic E-state index is 0.00145. The van der Waals surface area contributed by atoms with Gasteiger partial charge in [-0.1, -0.05) is 0 Å². The lowest BCUT2D eigenvalue weighted by molar-refractivity contribution is 0.0691. The number of carboxylic acids is 1. The molecule has 1 aromatic heterocycles. The second-order valence-corrected chi connectivity index (χ2v) is 5.07. The van der Waals surface area contributed by atoms with Crippen LogP contribution in [0.4, 0.5) is 4.79 Å². The topological polar surface area (TPSA) is 101 Å². The van der Waals surface area contributed by atoms with Crippen LogP contribution >= 0.6 is 11.3 Å². The number of carbonyl (C=O) groups excluding carboxylic acids is 1. The number of aromatic carboxylic acids is 1. The van der Waals surface area contributed by atoms with E-state index >= 15 is 0 Å². The summed E-state index contributed by atoms with van der Waals surface area (Å²) in [6.07, 6.45) is 2.10. The predicted molar refractivity (Wildman–Crippen MR) is 68.3 cm³/mol. The number of amides is 2. The summed E-state index contributed by atoms with van der Waals surface area (Å²) in [5.41, 5.74) is 0.00145. The van der Waals surface area contributed by atoms with Crippen LogP contribution in [-0.4, -0.2) is 41.3 Å². The molecule has 19 heavy (non-hydrogen) atoms. The van der Waals surface area contributed by atoms with E-state index in [2.05, 4.69) is 15.6 Å². The largest absolute Gasteiger partial charge is 0.476 e. The highest BCUT2D eigenvalue weighted by molar-refractivity contribution is 7.09. The predicted octanol–water partition coefficient (Wildman–Crippen LogP) is 0.819. The van der Waals surface area contributed by atoms with Crippen LogP contribution in [-0.2, 0) is 11.3 Å². The third kappa shape index (κ3) is 4.18. The molecular weight excluding hydrogens is 270 g/mol. The minimum Gasteiger partial charge on any atom is -0.476 e. The number of thiazole rings is 1. The van der Waals surface area contributed by atoms with Gasteiger partial charge in [0.15, 0.2) is 5.69 Å². The highest BCUT2D eigenvalue weighted by Crippen LogP contribution is 2.11. The van der Waals surface area contributed by atoms with E-state index in [1.165, 1.54) is 16.7 Å². The molecule has 0 spiro atoms. The summed E-state index contributed by atoms with van der Waals surface area (Å²) in [5, 5.41) is 16.1. The number of urea groups is 1. The van der Waals surface area contributed by atoms with E-state index in [9.17, 15) is 9.59 Å². The molecule has 2 rings (SSSR count). The number of carboxylic acid groups (broad SMARTS) is 1. The molecule has 1 saturated heterocycles. The van der Waals surface area contributed by atoms with Gasteiger partial charge in [0.2, 0.25) is 0 Å². The summed E-state index contributed by atoms with van der Waals surface area (Å²) in [7, 11) is 0. The van der Waals surface area contributed by atoms with Crippen molar-refractivity contribution in [1.29, 1.82) is 0 Å². The SMILES string of the molecule is O=C(NCc1nc(C(=O)O)cs1)NCC1CCCO1. The monoisotopic (exact) mass is 285 g/mol. The molecule has 1 aliphatic heterocycles. The van der Waals surface area contributed by atoms with Crippen LogP contribution in [0.15, 0.2) is 5.38 Å². The molecule has 2 heterocycles. The molecular formula is C11H15N3O4S. The number of hydrogen-bond acceptors (Lipinski definition) is 5. The fourth-order valence-electron chi connectivity index (χ4n) is 1.72. The molecule has 1 atom stereocenters. The van der Waals surface area contributed by atoms with Gasteiger partial charge in [-0.15, -0.1) is 11.3 Å². The maximum Gasteiger partial charge on any atom is 0.355 e. The number of hydrogen-bond donors (Lipinski definition) is 3. The van der Waals surface area contributed by atoms with Crippen molar-refractivity contribution in [2.75, 3.05) is 13.2 Å². The molecule has 1 fully saturated rings. The fraction of sp³-hybridized carbons (Fsp3) is 0.545. The number of nitrogens with zero attached hydrogens (tertiary/aromatic N) is 1. The van der Waals surface area contributed by atoms with Crippen LogP contribution < -0.4 is 10.6 Å². The number of carbonyl (C=O) groups is 2. The molecule has 0 aliphatic carbocycles. The number of aromatic nitrogens is 1. The van der Waals surface area contributed by atoms with Crippen LogP contribution in [0.1, 0.15) is 28.3 Å². The molecule has 104 valence electrons. The fourth-order valence-corrected chi connectivity index (χ4v) is 2.43. The van der Waals surface area contributed by atoms with Crippen molar-refractivity contribution in [3.63, 3.8) is 0 Å². The van der Waals surface area contributed by atoms with Gasteiger partial charge in [-0.05, 0) is 12.8 Å². The minimum atomic E-state index is -1.06. The lowest BCUT2D eigenvalue weighted by Crippen LogP contribution is -2.39. The van der Waals surface area contributed by atoms with Gasteiger partial charge >= 0.3 is 12.0 Å². The van der Waals surface area contributed by atoms with E-state index in [-0.39, 0.29) is 24.4 Å². The van der Waals surface area contributed by atoms with Gasteiger partial charge in [0.05, 0.1) is 12.6 Å². The van der Waals surface area contributed by atoms with Crippen molar-refractivity contribution in [3.05, 3.63) is 16.1 Å². The zero-order valence-corrected chi connectivity index (χ0v) is 11.0. The second-order valence-electron chi connectivity index (χ2n) is 4.13. The maximum absolute atomic E-state index is 11.5. The average molecular weight is 285 g/mol. The van der Waals surface area contributed by atoms with Crippen molar-refractivity contribution in [1.82, 2.24) is 15.6 Å². The Labute approximate surface area is 114 Å². The smallest absolute Gasteiger partial charge is 0.355 e. The van der Waals surface area contributed by atoms with E-state index in [1.807, 2.05) is 0 Å². The molecule has 1 aliphatic rings. The highest BCUT2D eigenvalue weighted by Gasteiger charge is 2.16. The first kappa shape index (κ1) is 13.8. The summed E-state index contributed by atoms with van der Waals surface area (Å²) >= 11 is 1.20. The standard InChI is InChI=1S/C11H15N3O4S/c15-10(16)8-6-19-9(14-8)5-13-11(17)12-4-7-2-1-3-18-7/h6-7H,1-5H2,(H,15,16)(H2,12,13,17). The van der Waals surface area contributed by atoms with Gasteiger partial charge in [-0.2, -0.15) is 0 Å². The third-order valence-corrected chi connectivity index (χ3v) is 3.53. The van der Waals surface area contributed by atoms with Crippen molar-refractivity contribution in [3.8, 4) is 0 Å². The lowest BCUT2D eigenvalue weighted by atomic mass is 10.2. The van der Waals surface area contributed by atoms with Gasteiger partial charge in [-0.3, -0.25) is 0 Å². The molecule has 3 N–H and O–H groups in total. The van der Waals surface area contributed by atoms with Gasteiger partial charge < -0.3 is 20.5 Å². The van der Waals surface area contributed by atoms with E-state index in [0.717, 1.165) is 19.4 Å². The van der Waals surface area contributed by atoms with Crippen LogP contribution in [0, 0.1) is 0 Å². The summed E-state index contributed by atoms with van der Waals surface area (Å²) in [6.45, 7) is 1.46. The Morgan fingerprint density at radius 1 is 1.53 bits per heavy atom. The quantitative estimate of drug-likeness (QED) is 0.743. The summed E-state index contributed by atoms with van der Waals surface area (Å²) in [5.74, 6) is -1.06. The molecule has 1 aromatic rings. The summed E-state index contributed by atoms with van der Waals surface area (Å²) < 4.78 is 5.38. The van der Waals surface area contributed by atoms with Gasteiger partial charge in [0, 0.05) is 18.5 Å². The first-order valence-electron chi connectivity index (χ1n) is 5.96. The van der Waals surface area contributed by atoms with Crippen LogP contribution in [0.3, 0.4) is 0 Å². The molecule has 7 nitrogen and oxygen atoms in total. The van der Waals surface area contributed by atoms with Crippen molar-refractivity contribution in [2.45, 2.75) is 25.5 Å². The normalized spacial score (nSPS) is 18.2. The molecule has 2 amide bonds. The Hall–Kier alpha value is -1.67. The first-order valence-corrected chi connectivity index (χ1v) is 6.84. The van der Waals surface area contributed by atoms with Gasteiger partial charge in [0.1, 0.15) is 5.01 Å². The number of rotatable bonds is 5. The molecule has 0 bridgehead atoms. The Bertz CT molecular complexity index is 457. The zero-order chi connectivity index (χ0) is 13.7. The molecule has 0 saturated carbocycles. The van der Waals surface area contributed by atoms with Crippen LogP contribution in [0.5, 0.6) is 0 Å². The van der Waals surface area contributed by atoms with Gasteiger partial charge in [0.25, 0.3) is 0 Å². The van der Waals surface area contributed by atoms with Crippen molar-refractivity contribution in [2.24, 2.45) is 0 Å². The summed E-state index contributed by atoms with van der Waals surface area (Å²) in [6, 6.07) is -0.303.